The molecule has 0 aliphatic carbocycles. The number of unbranched alkanes of at least 4 members (excludes halogenated alkanes) is 33. The van der Waals surface area contributed by atoms with Gasteiger partial charge in [0.25, 0.3) is 0 Å². The molecule has 87 heavy (non-hydrogen) atoms. The number of hydrogen-bond donors (Lipinski definition) is 12. The molecule has 0 saturated carbocycles. The number of hydrogen-bond acceptors (Lipinski definition) is 18. The second kappa shape index (κ2) is 50.6. The summed E-state index contributed by atoms with van der Waals surface area (Å²) < 4.78 is 34.2. The number of carbonyl (C=O) groups excluding carboxylic acids is 1. The van der Waals surface area contributed by atoms with Gasteiger partial charge < -0.3 is 89.9 Å². The van der Waals surface area contributed by atoms with E-state index in [0.29, 0.717) is 12.8 Å². The largest absolute Gasteiger partial charge is 0.394 e. The van der Waals surface area contributed by atoms with Crippen molar-refractivity contribution in [2.45, 2.75) is 362 Å². The lowest BCUT2D eigenvalue weighted by Crippen LogP contribution is -2.66. The highest BCUT2D eigenvalue weighted by molar-refractivity contribution is 5.76. The van der Waals surface area contributed by atoms with Crippen molar-refractivity contribution in [3.05, 3.63) is 36.5 Å². The first-order valence-corrected chi connectivity index (χ1v) is 34.7. The van der Waals surface area contributed by atoms with E-state index in [1.165, 1.54) is 161 Å². The molecule has 1 amide bonds. The number of allylic oxidation sites excluding steroid dienone is 5. The van der Waals surface area contributed by atoms with Gasteiger partial charge in [0.05, 0.1) is 38.6 Å². The predicted molar refractivity (Wildman–Crippen MR) is 337 cm³/mol. The highest BCUT2D eigenvalue weighted by Crippen LogP contribution is 2.33. The molecule has 3 aliphatic rings. The van der Waals surface area contributed by atoms with E-state index in [4.69, 9.17) is 28.4 Å². The normalized spacial score (nSPS) is 28.8. The van der Waals surface area contributed by atoms with Gasteiger partial charge in [0.15, 0.2) is 18.9 Å². The van der Waals surface area contributed by atoms with Crippen molar-refractivity contribution in [2.75, 3.05) is 26.4 Å². The summed E-state index contributed by atoms with van der Waals surface area (Å²) in [6.07, 6.45) is 31.8. The van der Waals surface area contributed by atoms with Gasteiger partial charge in [-0.3, -0.25) is 4.79 Å². The molecular formula is C68H125NO18. The molecule has 19 nitrogen and oxygen atoms in total. The molecule has 19 heteroatoms. The molecule has 0 spiro atoms. The average Bonchev–Trinajstić information content (AvgIpc) is 1.77. The number of carbonyl (C=O) groups is 1. The zero-order chi connectivity index (χ0) is 63.3. The summed E-state index contributed by atoms with van der Waals surface area (Å²) in [5.41, 5.74) is 0. The summed E-state index contributed by atoms with van der Waals surface area (Å²) in [4.78, 5) is 13.3. The Balaban J connectivity index is 1.37. The van der Waals surface area contributed by atoms with Gasteiger partial charge in [-0.05, 0) is 51.4 Å². The molecule has 0 aromatic carbocycles. The maximum absolute atomic E-state index is 13.3. The Morgan fingerprint density at radius 2 is 0.759 bits per heavy atom. The van der Waals surface area contributed by atoms with Gasteiger partial charge in [0, 0.05) is 6.42 Å². The van der Waals surface area contributed by atoms with Crippen LogP contribution in [0.1, 0.15) is 258 Å². The Hall–Kier alpha value is -1.99. The second-order valence-corrected chi connectivity index (χ2v) is 25.0. The van der Waals surface area contributed by atoms with Gasteiger partial charge in [0.1, 0.15) is 73.2 Å². The smallest absolute Gasteiger partial charge is 0.220 e. The lowest BCUT2D eigenvalue weighted by Gasteiger charge is -2.48. The van der Waals surface area contributed by atoms with Crippen molar-refractivity contribution in [1.29, 1.82) is 0 Å². The van der Waals surface area contributed by atoms with Crippen LogP contribution < -0.4 is 5.32 Å². The fourth-order valence-electron chi connectivity index (χ4n) is 11.7. The zero-order valence-electron chi connectivity index (χ0n) is 53.8. The Morgan fingerprint density at radius 1 is 0.402 bits per heavy atom. The monoisotopic (exact) mass is 1240 g/mol. The van der Waals surface area contributed by atoms with Crippen molar-refractivity contribution < 1.29 is 89.4 Å². The van der Waals surface area contributed by atoms with E-state index in [1.54, 1.807) is 6.08 Å². The van der Waals surface area contributed by atoms with E-state index in [1.807, 2.05) is 6.08 Å². The summed E-state index contributed by atoms with van der Waals surface area (Å²) in [6, 6.07) is -0.993. The number of ether oxygens (including phenoxy) is 6. The summed E-state index contributed by atoms with van der Waals surface area (Å²) in [7, 11) is 0. The van der Waals surface area contributed by atoms with Crippen molar-refractivity contribution in [1.82, 2.24) is 5.32 Å². The zero-order valence-corrected chi connectivity index (χ0v) is 53.8. The van der Waals surface area contributed by atoms with Crippen molar-refractivity contribution >= 4 is 5.91 Å². The lowest BCUT2D eigenvalue weighted by molar-refractivity contribution is -0.379. The highest BCUT2D eigenvalue weighted by Gasteiger charge is 2.53. The minimum absolute atomic E-state index is 0.224. The van der Waals surface area contributed by atoms with Crippen molar-refractivity contribution in [2.24, 2.45) is 0 Å². The van der Waals surface area contributed by atoms with Crippen LogP contribution in [-0.2, 0) is 33.2 Å². The Labute approximate surface area is 523 Å². The first kappa shape index (κ1) is 79.2. The maximum Gasteiger partial charge on any atom is 0.220 e. The van der Waals surface area contributed by atoms with Crippen molar-refractivity contribution in [3.8, 4) is 0 Å². The molecule has 0 aromatic rings. The van der Waals surface area contributed by atoms with Crippen LogP contribution in [0.15, 0.2) is 36.5 Å². The fourth-order valence-corrected chi connectivity index (χ4v) is 11.7. The SMILES string of the molecule is CCC/C=C\CCCCCCCC(=O)NC(COC1OC(CO)C(OC2OC(CO)C(OC3OC(CO)C(O)C(O)C3O)C(O)C2O)C(O)C1O)C(O)/C=C/CC/C=C/CCCCCCCCCCCCCCCCCCCCCCCCCCCC. The van der Waals surface area contributed by atoms with Gasteiger partial charge in [-0.1, -0.05) is 237 Å². The van der Waals surface area contributed by atoms with E-state index in [2.05, 4.69) is 43.5 Å². The number of nitrogens with one attached hydrogen (secondary N) is 1. The average molecular weight is 1240 g/mol. The summed E-state index contributed by atoms with van der Waals surface area (Å²) in [6.45, 7) is 1.64. The van der Waals surface area contributed by atoms with Gasteiger partial charge in [-0.2, -0.15) is 0 Å². The van der Waals surface area contributed by atoms with Crippen LogP contribution in [0.2, 0.25) is 0 Å². The molecule has 17 unspecified atom stereocenters. The minimum Gasteiger partial charge on any atom is -0.394 e. The Bertz CT molecular complexity index is 1720. The molecule has 3 heterocycles. The molecule has 510 valence electrons. The van der Waals surface area contributed by atoms with Crippen LogP contribution in [-0.4, -0.2) is 193 Å². The third-order valence-electron chi connectivity index (χ3n) is 17.4. The third kappa shape index (κ3) is 32.9. The predicted octanol–water partition coefficient (Wildman–Crippen LogP) is 8.83. The lowest BCUT2D eigenvalue weighted by atomic mass is 9.96. The molecule has 3 saturated heterocycles. The Morgan fingerprint density at radius 3 is 1.20 bits per heavy atom. The van der Waals surface area contributed by atoms with Crippen LogP contribution in [0.25, 0.3) is 0 Å². The first-order chi connectivity index (χ1) is 42.3. The fraction of sp³-hybridized carbons (Fsp3) is 0.897. The van der Waals surface area contributed by atoms with E-state index >= 15 is 0 Å². The molecule has 0 bridgehead atoms. The first-order valence-electron chi connectivity index (χ1n) is 34.7. The molecular weight excluding hydrogens is 1120 g/mol. The standard InChI is InChI=1S/C68H125NO18/c1-3-5-7-9-11-13-15-16-17-18-19-20-21-22-23-24-25-26-27-28-29-30-31-32-33-34-35-36-37-39-41-43-45-52(73)51(69-56(74)46-44-42-40-38-14-12-10-8-6-4-2)50-82-66-62(80)59(77)64(54(48-71)84-66)87-68-63(81)60(78)65(55(49-72)85-68)86-67-61(79)58(76)57(75)53(47-70)83-67/h8,10,36-37,43,45,51-55,57-68,70-73,75-81H,3-7,9,11-35,38-42,44,46-50H2,1-2H3,(H,69,74)/b10-8-,37-36+,45-43+. The summed E-state index contributed by atoms with van der Waals surface area (Å²) in [5.74, 6) is -0.297. The van der Waals surface area contributed by atoms with Gasteiger partial charge in [0.2, 0.25) is 5.91 Å². The van der Waals surface area contributed by atoms with Crippen LogP contribution in [0.5, 0.6) is 0 Å². The minimum atomic E-state index is -1.98. The van der Waals surface area contributed by atoms with Gasteiger partial charge in [-0.15, -0.1) is 0 Å². The number of aliphatic hydroxyl groups is 11. The number of rotatable bonds is 53. The number of amides is 1. The van der Waals surface area contributed by atoms with Crippen LogP contribution in [0.3, 0.4) is 0 Å². The van der Waals surface area contributed by atoms with Gasteiger partial charge in [-0.25, -0.2) is 0 Å². The summed E-state index contributed by atoms with van der Waals surface area (Å²) in [5, 5.41) is 120. The Kier molecular flexibility index (Phi) is 46.0. The van der Waals surface area contributed by atoms with E-state index in [9.17, 15) is 61.0 Å². The van der Waals surface area contributed by atoms with Crippen molar-refractivity contribution in [3.63, 3.8) is 0 Å². The third-order valence-corrected chi connectivity index (χ3v) is 17.4. The van der Waals surface area contributed by atoms with E-state index < -0.39 is 124 Å². The molecule has 3 rings (SSSR count). The molecule has 0 radical (unpaired) electrons. The van der Waals surface area contributed by atoms with E-state index in [-0.39, 0.29) is 18.9 Å². The number of aliphatic hydroxyl groups excluding tert-OH is 11. The molecule has 3 aliphatic heterocycles. The van der Waals surface area contributed by atoms with Crippen LogP contribution in [0.4, 0.5) is 0 Å². The van der Waals surface area contributed by atoms with Crippen LogP contribution in [0, 0.1) is 0 Å². The quantitative estimate of drug-likeness (QED) is 0.0200. The topological polar surface area (TPSA) is 307 Å². The van der Waals surface area contributed by atoms with Gasteiger partial charge >= 0.3 is 0 Å². The summed E-state index contributed by atoms with van der Waals surface area (Å²) >= 11 is 0. The molecule has 17 atom stereocenters. The highest BCUT2D eigenvalue weighted by atomic mass is 16.8. The maximum atomic E-state index is 13.3. The van der Waals surface area contributed by atoms with E-state index in [0.717, 1.165) is 64.2 Å². The molecule has 0 aromatic heterocycles. The molecule has 3 fully saturated rings. The van der Waals surface area contributed by atoms with Crippen LogP contribution >= 0.6 is 0 Å². The molecule has 12 N–H and O–H groups in total. The second-order valence-electron chi connectivity index (χ2n) is 25.0.